The molecule has 0 N–H and O–H groups in total. The summed E-state index contributed by atoms with van der Waals surface area (Å²) in [5.41, 5.74) is 0. The minimum absolute atomic E-state index is 0. The number of likely N-dealkylation sites (N-methyl/N-ethyl adjacent to an activating group) is 1. The summed E-state index contributed by atoms with van der Waals surface area (Å²) in [7, 11) is 1.03. The zero-order chi connectivity index (χ0) is 19.0. The average Bonchev–Trinajstić information content (AvgIpc) is 2.53. The Bertz CT molecular complexity index is 426. The zero-order valence-electron chi connectivity index (χ0n) is 17.4. The van der Waals surface area contributed by atoms with Gasteiger partial charge in [-0.3, -0.25) is 0 Å². The van der Waals surface area contributed by atoms with Gasteiger partial charge in [-0.15, -0.1) is 23.5 Å². The van der Waals surface area contributed by atoms with Gasteiger partial charge in [-0.25, -0.2) is 8.42 Å². The monoisotopic (exact) mass is 454 g/mol. The van der Waals surface area contributed by atoms with Gasteiger partial charge in [-0.1, -0.05) is 71.3 Å². The van der Waals surface area contributed by atoms with E-state index >= 15 is 0 Å². The van der Waals surface area contributed by atoms with Crippen LogP contribution in [0.3, 0.4) is 0 Å². The molecule has 0 heterocycles. The van der Waals surface area contributed by atoms with Crippen molar-refractivity contribution >= 4 is 27.0 Å². The number of nitrogens with zero attached hydrogens (tertiary/aromatic N) is 2. The highest BCUT2D eigenvalue weighted by Gasteiger charge is 2.10. The van der Waals surface area contributed by atoms with E-state index in [9.17, 15) is 8.42 Å². The molecule has 0 aromatic carbocycles. The van der Waals surface area contributed by atoms with E-state index in [1.165, 1.54) is 44.9 Å². The van der Waals surface area contributed by atoms with Crippen molar-refractivity contribution in [3.63, 3.8) is 0 Å². The molecule has 4 nitrogen and oxygen atoms in total. The van der Waals surface area contributed by atoms with Crippen LogP contribution in [0.2, 0.25) is 0 Å². The Morgan fingerprint density at radius 3 is 1.88 bits per heavy atom. The predicted molar refractivity (Wildman–Crippen MR) is 121 cm³/mol. The maximum absolute atomic E-state index is 11.9. The highest BCUT2D eigenvalue weighted by atomic mass is 79.9. The third kappa shape index (κ3) is 18.9. The molecule has 0 fully saturated rings. The second-order valence-electron chi connectivity index (χ2n) is 7.80. The molecular weight excluding hydrogens is 412 g/mol. The topological polar surface area (TPSA) is 48.2 Å². The Balaban J connectivity index is 0. The molecule has 6 heteroatoms. The van der Waals surface area contributed by atoms with Crippen LogP contribution in [0.15, 0.2) is 12.7 Å². The summed E-state index contributed by atoms with van der Waals surface area (Å²) >= 11 is 0. The van der Waals surface area contributed by atoms with Crippen LogP contribution in [-0.4, -0.2) is 52.4 Å². The number of halogens is 1. The van der Waals surface area contributed by atoms with Crippen LogP contribution < -0.4 is 0 Å². The van der Waals surface area contributed by atoms with Crippen LogP contribution in [-0.2, 0) is 10.0 Å². The number of sulfonamides is 1. The molecule has 0 saturated heterocycles. The fourth-order valence-electron chi connectivity index (χ4n) is 2.98. The molecular formula is C20H43BrN2O2S. The van der Waals surface area contributed by atoms with Gasteiger partial charge in [0.2, 0.25) is 0 Å². The minimum atomic E-state index is -3.22. The lowest BCUT2D eigenvalue weighted by Gasteiger charge is -2.30. The Labute approximate surface area is 174 Å². The van der Waals surface area contributed by atoms with E-state index in [0.29, 0.717) is 6.54 Å². The Morgan fingerprint density at radius 1 is 0.885 bits per heavy atom. The summed E-state index contributed by atoms with van der Waals surface area (Å²) in [5, 5.41) is 0. The molecule has 0 amide bonds. The standard InChI is InChI=1S/C20H42N2O2S.BrH/c1-5-7-8-9-10-11-12-13-14-15-20-25(23,24)21-17-16-19-22(3,4)18-6-2;/h6H,2,5,7-20H2,1,3-4H3;1H. The number of unbranched alkanes of at least 4 members (excludes halogenated alkanes) is 9. The third-order valence-corrected chi connectivity index (χ3v) is 5.97. The molecule has 0 aliphatic carbocycles. The molecule has 26 heavy (non-hydrogen) atoms. The summed E-state index contributed by atoms with van der Waals surface area (Å²) < 4.78 is 28.6. The molecule has 0 aromatic heterocycles. The first kappa shape index (κ1) is 28.3. The summed E-state index contributed by atoms with van der Waals surface area (Å²) in [6.07, 6.45) is 14.8. The van der Waals surface area contributed by atoms with Gasteiger partial charge in [-0.2, -0.15) is 0 Å². The van der Waals surface area contributed by atoms with E-state index in [0.717, 1.165) is 43.3 Å². The van der Waals surface area contributed by atoms with Crippen molar-refractivity contribution in [2.45, 2.75) is 77.6 Å². The van der Waals surface area contributed by atoms with Crippen molar-refractivity contribution in [3.05, 3.63) is 17.4 Å². The van der Waals surface area contributed by atoms with Crippen molar-refractivity contribution in [3.8, 4) is 0 Å². The largest absolute Gasteiger partial charge is 0.549 e. The van der Waals surface area contributed by atoms with Crippen LogP contribution >= 0.6 is 17.0 Å². The van der Waals surface area contributed by atoms with Crippen molar-refractivity contribution in [2.75, 3.05) is 39.5 Å². The fourth-order valence-corrected chi connectivity index (χ4v) is 4.08. The van der Waals surface area contributed by atoms with E-state index in [4.69, 9.17) is 0 Å². The fraction of sp³-hybridized carbons (Fsp3) is 0.900. The second kappa shape index (κ2) is 17.2. The van der Waals surface area contributed by atoms with Gasteiger partial charge in [-0.05, 0) is 18.9 Å². The van der Waals surface area contributed by atoms with Gasteiger partial charge in [0.25, 0.3) is 0 Å². The first-order valence-electron chi connectivity index (χ1n) is 10.2. The van der Waals surface area contributed by atoms with Gasteiger partial charge in [0.05, 0.1) is 37.2 Å². The molecule has 0 rings (SSSR count). The highest BCUT2D eigenvalue weighted by Crippen LogP contribution is 2.13. The number of hydrogen-bond acceptors (Lipinski definition) is 2. The molecule has 0 aliphatic heterocycles. The van der Waals surface area contributed by atoms with E-state index in [1.54, 1.807) is 0 Å². The van der Waals surface area contributed by atoms with Crippen molar-refractivity contribution < 1.29 is 12.9 Å². The van der Waals surface area contributed by atoms with Crippen molar-refractivity contribution in [1.29, 1.82) is 0 Å². The van der Waals surface area contributed by atoms with E-state index < -0.39 is 10.0 Å². The van der Waals surface area contributed by atoms with Crippen LogP contribution in [0.4, 0.5) is 0 Å². The van der Waals surface area contributed by atoms with Crippen molar-refractivity contribution in [1.82, 2.24) is 0 Å². The lowest BCUT2D eigenvalue weighted by atomic mass is 10.1. The lowest BCUT2D eigenvalue weighted by Crippen LogP contribution is -2.40. The Kier molecular flexibility index (Phi) is 18.7. The molecule has 0 aliphatic rings. The number of rotatable bonds is 18. The summed E-state index contributed by atoms with van der Waals surface area (Å²) in [6.45, 7) is 8.22. The van der Waals surface area contributed by atoms with Crippen LogP contribution in [0.1, 0.15) is 77.6 Å². The maximum Gasteiger partial charge on any atom is 0.0966 e. The van der Waals surface area contributed by atoms with Crippen LogP contribution in [0.25, 0.3) is 4.72 Å². The van der Waals surface area contributed by atoms with Gasteiger partial charge < -0.3 is 9.21 Å². The quantitative estimate of drug-likeness (QED) is 0.148. The zero-order valence-corrected chi connectivity index (χ0v) is 19.9. The molecule has 0 unspecified atom stereocenters. The molecule has 0 saturated carbocycles. The molecule has 158 valence electrons. The lowest BCUT2D eigenvalue weighted by molar-refractivity contribution is -0.884. The van der Waals surface area contributed by atoms with Gasteiger partial charge in [0, 0.05) is 5.75 Å². The van der Waals surface area contributed by atoms with E-state index in [1.807, 2.05) is 6.08 Å². The molecule has 0 radical (unpaired) electrons. The van der Waals surface area contributed by atoms with E-state index in [2.05, 4.69) is 32.3 Å². The van der Waals surface area contributed by atoms with E-state index in [-0.39, 0.29) is 22.7 Å². The highest BCUT2D eigenvalue weighted by molar-refractivity contribution is 8.93. The summed E-state index contributed by atoms with van der Waals surface area (Å²) in [5.74, 6) is 0.217. The first-order valence-corrected chi connectivity index (χ1v) is 11.8. The SMILES string of the molecule is Br.C=CC[N+](C)(C)CCC[N-]S(=O)(=O)CCCCCCCCCCCC. The predicted octanol–water partition coefficient (Wildman–Crippen LogP) is 5.84. The van der Waals surface area contributed by atoms with Gasteiger partial charge in [0.1, 0.15) is 0 Å². The van der Waals surface area contributed by atoms with Crippen molar-refractivity contribution in [2.24, 2.45) is 0 Å². The minimum Gasteiger partial charge on any atom is -0.549 e. The Hall–Kier alpha value is 0.0900. The summed E-state index contributed by atoms with van der Waals surface area (Å²) in [4.78, 5) is 0. The molecule has 0 spiro atoms. The molecule has 0 atom stereocenters. The normalized spacial score (nSPS) is 12.0. The van der Waals surface area contributed by atoms with Gasteiger partial charge in [0.15, 0.2) is 0 Å². The van der Waals surface area contributed by atoms with Crippen LogP contribution in [0.5, 0.6) is 0 Å². The van der Waals surface area contributed by atoms with Crippen LogP contribution in [0, 0.1) is 0 Å². The van der Waals surface area contributed by atoms with Gasteiger partial charge >= 0.3 is 0 Å². The smallest absolute Gasteiger partial charge is 0.0966 e. The maximum atomic E-state index is 11.9. The number of hydrogen-bond donors (Lipinski definition) is 0. The third-order valence-electron chi connectivity index (χ3n) is 4.59. The average molecular weight is 456 g/mol. The Morgan fingerprint density at radius 2 is 1.38 bits per heavy atom. The summed E-state index contributed by atoms with van der Waals surface area (Å²) in [6, 6.07) is 0. The second-order valence-corrected chi connectivity index (χ2v) is 9.64. The molecule has 0 aromatic rings. The molecule has 0 bridgehead atoms. The number of quaternary nitrogens is 1. The first-order chi connectivity index (χ1) is 11.8.